The molecule has 0 saturated carbocycles. The van der Waals surface area contributed by atoms with E-state index in [1.165, 1.54) is 11.1 Å². The summed E-state index contributed by atoms with van der Waals surface area (Å²) in [5, 5.41) is 3.15. The molecule has 30 heavy (non-hydrogen) atoms. The van der Waals surface area contributed by atoms with E-state index in [9.17, 15) is 4.79 Å². The van der Waals surface area contributed by atoms with Gasteiger partial charge in [0.25, 0.3) is 0 Å². The number of aromatic nitrogens is 2. The van der Waals surface area contributed by atoms with Gasteiger partial charge in [-0.15, -0.1) is 0 Å². The third-order valence-corrected chi connectivity index (χ3v) is 6.50. The molecule has 1 saturated heterocycles. The number of anilines is 1. The van der Waals surface area contributed by atoms with E-state index in [2.05, 4.69) is 53.8 Å². The maximum atomic E-state index is 13.2. The van der Waals surface area contributed by atoms with E-state index in [-0.39, 0.29) is 18.1 Å². The Morgan fingerprint density at radius 1 is 1.03 bits per heavy atom. The maximum Gasteiger partial charge on any atom is 0.322 e. The number of hydrogen-bond donors (Lipinski definition) is 1. The summed E-state index contributed by atoms with van der Waals surface area (Å²) in [4.78, 5) is 19.8. The Morgan fingerprint density at radius 2 is 1.80 bits per heavy atom. The third kappa shape index (κ3) is 2.55. The van der Waals surface area contributed by atoms with Gasteiger partial charge in [-0.05, 0) is 66.3 Å². The molecule has 2 aromatic carbocycles. The molecule has 2 aliphatic heterocycles. The van der Waals surface area contributed by atoms with Crippen molar-refractivity contribution < 1.29 is 4.79 Å². The zero-order chi connectivity index (χ0) is 20.2. The van der Waals surface area contributed by atoms with Crippen molar-refractivity contribution in [3.8, 4) is 11.1 Å². The number of hydrogen-bond acceptors (Lipinski definition) is 2. The zero-order valence-corrected chi connectivity index (χ0v) is 16.7. The summed E-state index contributed by atoms with van der Waals surface area (Å²) in [7, 11) is 0. The topological polar surface area (TPSA) is 49.6 Å². The van der Waals surface area contributed by atoms with Crippen LogP contribution in [0.15, 0.2) is 73.2 Å². The maximum absolute atomic E-state index is 13.2. The second kappa shape index (κ2) is 6.46. The lowest BCUT2D eigenvalue weighted by atomic mass is 9.92. The van der Waals surface area contributed by atoms with Gasteiger partial charge < -0.3 is 14.6 Å². The zero-order valence-electron chi connectivity index (χ0n) is 16.7. The van der Waals surface area contributed by atoms with E-state index < -0.39 is 0 Å². The summed E-state index contributed by atoms with van der Waals surface area (Å²) >= 11 is 0. The van der Waals surface area contributed by atoms with Crippen LogP contribution in [0.4, 0.5) is 10.5 Å². The summed E-state index contributed by atoms with van der Waals surface area (Å²) in [5.41, 5.74) is 7.59. The molecule has 1 fully saturated rings. The van der Waals surface area contributed by atoms with Crippen LogP contribution in [0, 0.1) is 6.92 Å². The minimum atomic E-state index is -0.0208. The molecule has 0 radical (unpaired) electrons. The van der Waals surface area contributed by atoms with Crippen molar-refractivity contribution in [3.05, 3.63) is 89.9 Å². The van der Waals surface area contributed by atoms with Gasteiger partial charge in [-0.2, -0.15) is 0 Å². The van der Waals surface area contributed by atoms with Gasteiger partial charge in [0.15, 0.2) is 0 Å². The number of amides is 2. The molecular formula is C25H22N4O. The molecular weight excluding hydrogens is 372 g/mol. The van der Waals surface area contributed by atoms with Crippen molar-refractivity contribution in [1.82, 2.24) is 14.3 Å². The number of carbonyl (C=O) groups excluding carboxylic acids is 1. The van der Waals surface area contributed by atoms with E-state index >= 15 is 0 Å². The molecule has 6 rings (SSSR count). The highest BCUT2D eigenvalue weighted by atomic mass is 16.2. The summed E-state index contributed by atoms with van der Waals surface area (Å²) in [6.07, 6.45) is 8.04. The SMILES string of the molecule is Cc1ccc(NC(=O)N2C3CCC2c2ccccc23)cc1-c1cnc2cccn2c1. The highest BCUT2D eigenvalue weighted by molar-refractivity contribution is 5.92. The number of rotatable bonds is 2. The molecule has 5 heteroatoms. The second-order valence-corrected chi connectivity index (χ2v) is 8.22. The van der Waals surface area contributed by atoms with Crippen molar-refractivity contribution in [2.24, 2.45) is 0 Å². The van der Waals surface area contributed by atoms with Gasteiger partial charge in [0.05, 0.1) is 12.1 Å². The predicted octanol–water partition coefficient (Wildman–Crippen LogP) is 5.73. The van der Waals surface area contributed by atoms with Gasteiger partial charge in [0.1, 0.15) is 5.65 Å². The van der Waals surface area contributed by atoms with Crippen LogP contribution in [0.1, 0.15) is 41.6 Å². The summed E-state index contributed by atoms with van der Waals surface area (Å²) in [5.74, 6) is 0. The Labute approximate surface area is 175 Å². The first-order valence-electron chi connectivity index (χ1n) is 10.4. The molecule has 2 atom stereocenters. The molecule has 1 N–H and O–H groups in total. The molecule has 0 spiro atoms. The van der Waals surface area contributed by atoms with E-state index in [0.717, 1.165) is 40.9 Å². The number of aryl methyl sites for hydroxylation is 1. The van der Waals surface area contributed by atoms with Crippen LogP contribution in [-0.4, -0.2) is 20.3 Å². The number of carbonyl (C=O) groups is 1. The highest BCUT2D eigenvalue weighted by Gasteiger charge is 2.46. The average molecular weight is 394 g/mol. The lowest BCUT2D eigenvalue weighted by molar-refractivity contribution is 0.197. The molecule has 0 aliphatic carbocycles. The Balaban J connectivity index is 1.30. The molecule has 4 heterocycles. The Morgan fingerprint density at radius 3 is 2.57 bits per heavy atom. The van der Waals surface area contributed by atoms with Crippen molar-refractivity contribution in [1.29, 1.82) is 0 Å². The van der Waals surface area contributed by atoms with Gasteiger partial charge in [0, 0.05) is 29.8 Å². The standard InChI is InChI=1S/C25H22N4O/c1-16-8-9-18(13-21(16)17-14-26-24-7-4-12-28(24)15-17)27-25(30)29-22-10-11-23(29)20-6-3-2-5-19(20)22/h2-9,12-15,22-23H,10-11H2,1H3,(H,27,30). The minimum Gasteiger partial charge on any atom is -0.310 e. The molecule has 5 nitrogen and oxygen atoms in total. The van der Waals surface area contributed by atoms with E-state index in [1.54, 1.807) is 0 Å². The van der Waals surface area contributed by atoms with Crippen LogP contribution in [0.25, 0.3) is 16.8 Å². The van der Waals surface area contributed by atoms with Crippen molar-refractivity contribution in [2.45, 2.75) is 31.8 Å². The fraction of sp³-hybridized carbons (Fsp3) is 0.200. The lowest BCUT2D eigenvalue weighted by Gasteiger charge is -2.23. The Bertz CT molecular complexity index is 1260. The first kappa shape index (κ1) is 17.3. The summed E-state index contributed by atoms with van der Waals surface area (Å²) in [6, 6.07) is 18.9. The molecule has 4 aromatic rings. The van der Waals surface area contributed by atoms with Crippen molar-refractivity contribution in [3.63, 3.8) is 0 Å². The molecule has 2 amide bonds. The average Bonchev–Trinajstić information content (AvgIpc) is 3.48. The van der Waals surface area contributed by atoms with Crippen LogP contribution < -0.4 is 5.32 Å². The van der Waals surface area contributed by atoms with Crippen LogP contribution in [0.5, 0.6) is 0 Å². The summed E-state index contributed by atoms with van der Waals surface area (Å²) in [6.45, 7) is 2.08. The largest absolute Gasteiger partial charge is 0.322 e. The number of urea groups is 1. The highest BCUT2D eigenvalue weighted by Crippen LogP contribution is 2.53. The van der Waals surface area contributed by atoms with E-state index in [4.69, 9.17) is 0 Å². The Hall–Kier alpha value is -3.60. The first-order valence-corrected chi connectivity index (χ1v) is 10.4. The number of nitrogens with zero attached hydrogens (tertiary/aromatic N) is 3. The fourth-order valence-electron chi connectivity index (χ4n) is 5.08. The van der Waals surface area contributed by atoms with Gasteiger partial charge in [-0.3, -0.25) is 0 Å². The monoisotopic (exact) mass is 394 g/mol. The molecule has 148 valence electrons. The molecule has 2 aliphatic rings. The van der Waals surface area contributed by atoms with Crippen molar-refractivity contribution >= 4 is 17.4 Å². The van der Waals surface area contributed by atoms with Crippen molar-refractivity contribution in [2.75, 3.05) is 5.32 Å². The molecule has 2 aromatic heterocycles. The van der Waals surface area contributed by atoms with Crippen LogP contribution >= 0.6 is 0 Å². The predicted molar refractivity (Wildman–Crippen MR) is 117 cm³/mol. The van der Waals surface area contributed by atoms with E-state index in [0.29, 0.717) is 0 Å². The molecule has 2 unspecified atom stereocenters. The van der Waals surface area contributed by atoms with Gasteiger partial charge >= 0.3 is 6.03 Å². The van der Waals surface area contributed by atoms with E-state index in [1.807, 2.05) is 46.0 Å². The quantitative estimate of drug-likeness (QED) is 0.472. The number of nitrogens with one attached hydrogen (secondary N) is 1. The number of benzene rings is 2. The minimum absolute atomic E-state index is 0.0208. The second-order valence-electron chi connectivity index (χ2n) is 8.22. The lowest BCUT2D eigenvalue weighted by Crippen LogP contribution is -2.32. The normalized spacial score (nSPS) is 19.3. The van der Waals surface area contributed by atoms with Gasteiger partial charge in [-0.1, -0.05) is 30.3 Å². The van der Waals surface area contributed by atoms with Crippen LogP contribution in [0.3, 0.4) is 0 Å². The molecule has 2 bridgehead atoms. The first-order chi connectivity index (χ1) is 14.7. The smallest absolute Gasteiger partial charge is 0.310 e. The van der Waals surface area contributed by atoms with Gasteiger partial charge in [0.2, 0.25) is 0 Å². The fourth-order valence-corrected chi connectivity index (χ4v) is 5.08. The van der Waals surface area contributed by atoms with Crippen LogP contribution in [-0.2, 0) is 0 Å². The summed E-state index contributed by atoms with van der Waals surface area (Å²) < 4.78 is 2.01. The third-order valence-electron chi connectivity index (χ3n) is 6.50. The van der Waals surface area contributed by atoms with Gasteiger partial charge in [-0.25, -0.2) is 9.78 Å². The van der Waals surface area contributed by atoms with Crippen LogP contribution in [0.2, 0.25) is 0 Å². The Kier molecular flexibility index (Phi) is 3.72. The number of fused-ring (bicyclic) bond motifs is 6.